The minimum absolute atomic E-state index is 0.0484. The Morgan fingerprint density at radius 1 is 1.46 bits per heavy atom. The summed E-state index contributed by atoms with van der Waals surface area (Å²) in [5, 5.41) is 7.16. The van der Waals surface area contributed by atoms with Crippen molar-refractivity contribution in [3.8, 4) is 0 Å². The Kier molecular flexibility index (Phi) is 3.88. The molecular formula is C17H23N5O2. The minimum Gasteiger partial charge on any atom is -0.376 e. The van der Waals surface area contributed by atoms with Crippen molar-refractivity contribution in [1.82, 2.24) is 24.6 Å². The van der Waals surface area contributed by atoms with Gasteiger partial charge in [0.1, 0.15) is 11.5 Å². The van der Waals surface area contributed by atoms with Crippen molar-refractivity contribution < 1.29 is 9.53 Å². The summed E-state index contributed by atoms with van der Waals surface area (Å²) >= 11 is 0. The number of carbonyl (C=O) groups excluding carboxylic acids is 1. The molecule has 3 heterocycles. The van der Waals surface area contributed by atoms with Crippen LogP contribution in [0.4, 0.5) is 0 Å². The summed E-state index contributed by atoms with van der Waals surface area (Å²) in [4.78, 5) is 19.0. The number of nitrogens with one attached hydrogen (secondary N) is 1. The number of amides is 1. The summed E-state index contributed by atoms with van der Waals surface area (Å²) in [6.07, 6.45) is 5.17. The molecule has 1 N–H and O–H groups in total. The molecule has 1 aliphatic heterocycles. The molecule has 2 aromatic heterocycles. The molecule has 1 amide bonds. The van der Waals surface area contributed by atoms with Gasteiger partial charge >= 0.3 is 0 Å². The van der Waals surface area contributed by atoms with Crippen LogP contribution >= 0.6 is 0 Å². The number of hydrogen-bond donors (Lipinski definition) is 1. The SMILES string of the molecule is Cc1nc([C@@H]2CCO[C@@H]2CN(C)C(=O)c2cccn2C2CC2)n[nH]1. The number of ether oxygens (including phenoxy) is 1. The maximum absolute atomic E-state index is 12.8. The molecule has 7 nitrogen and oxygen atoms in total. The maximum Gasteiger partial charge on any atom is 0.270 e. The summed E-state index contributed by atoms with van der Waals surface area (Å²) in [6.45, 7) is 3.12. The normalized spacial score (nSPS) is 23.6. The summed E-state index contributed by atoms with van der Waals surface area (Å²) in [7, 11) is 1.84. The molecule has 2 aliphatic rings. The van der Waals surface area contributed by atoms with E-state index in [1.807, 2.05) is 32.3 Å². The van der Waals surface area contributed by atoms with Gasteiger partial charge < -0.3 is 14.2 Å². The summed E-state index contributed by atoms with van der Waals surface area (Å²) in [5.74, 6) is 1.78. The van der Waals surface area contributed by atoms with Gasteiger partial charge in [-0.15, -0.1) is 0 Å². The van der Waals surface area contributed by atoms with Crippen LogP contribution in [0.5, 0.6) is 0 Å². The third kappa shape index (κ3) is 2.84. The van der Waals surface area contributed by atoms with Gasteiger partial charge in [-0.2, -0.15) is 5.10 Å². The van der Waals surface area contributed by atoms with Gasteiger partial charge in [0.05, 0.1) is 12.0 Å². The molecule has 7 heteroatoms. The quantitative estimate of drug-likeness (QED) is 0.909. The molecule has 2 aromatic rings. The molecule has 2 atom stereocenters. The lowest BCUT2D eigenvalue weighted by Crippen LogP contribution is -2.37. The molecule has 1 aliphatic carbocycles. The smallest absolute Gasteiger partial charge is 0.270 e. The number of carbonyl (C=O) groups is 1. The fourth-order valence-corrected chi connectivity index (χ4v) is 3.44. The average Bonchev–Trinajstić information content (AvgIpc) is 2.98. The van der Waals surface area contributed by atoms with E-state index < -0.39 is 0 Å². The van der Waals surface area contributed by atoms with Gasteiger partial charge in [0.15, 0.2) is 5.82 Å². The van der Waals surface area contributed by atoms with E-state index in [1.165, 1.54) is 0 Å². The van der Waals surface area contributed by atoms with Crippen LogP contribution < -0.4 is 0 Å². The zero-order valence-corrected chi connectivity index (χ0v) is 14.1. The number of likely N-dealkylation sites (N-methyl/N-ethyl adjacent to an activating group) is 1. The first-order valence-corrected chi connectivity index (χ1v) is 8.56. The Morgan fingerprint density at radius 3 is 3.00 bits per heavy atom. The van der Waals surface area contributed by atoms with E-state index in [4.69, 9.17) is 4.74 Å². The molecule has 0 spiro atoms. The van der Waals surface area contributed by atoms with E-state index in [0.29, 0.717) is 19.2 Å². The van der Waals surface area contributed by atoms with Gasteiger partial charge in [-0.3, -0.25) is 9.89 Å². The van der Waals surface area contributed by atoms with Crippen molar-refractivity contribution in [3.05, 3.63) is 35.7 Å². The Morgan fingerprint density at radius 2 is 2.29 bits per heavy atom. The van der Waals surface area contributed by atoms with Gasteiger partial charge in [-0.1, -0.05) is 0 Å². The zero-order chi connectivity index (χ0) is 16.7. The number of nitrogens with zero attached hydrogens (tertiary/aromatic N) is 4. The highest BCUT2D eigenvalue weighted by molar-refractivity contribution is 5.92. The number of aromatic nitrogens is 4. The molecular weight excluding hydrogens is 306 g/mol. The van der Waals surface area contributed by atoms with Crippen molar-refractivity contribution in [2.45, 2.75) is 44.2 Å². The Labute approximate surface area is 141 Å². The summed E-state index contributed by atoms with van der Waals surface area (Å²) in [6, 6.07) is 4.35. The molecule has 1 saturated carbocycles. The van der Waals surface area contributed by atoms with E-state index in [0.717, 1.165) is 36.6 Å². The first-order valence-electron chi connectivity index (χ1n) is 8.56. The van der Waals surface area contributed by atoms with Crippen LogP contribution in [-0.4, -0.2) is 56.9 Å². The van der Waals surface area contributed by atoms with E-state index in [-0.39, 0.29) is 17.9 Å². The molecule has 2 fully saturated rings. The topological polar surface area (TPSA) is 76.0 Å². The largest absolute Gasteiger partial charge is 0.376 e. The van der Waals surface area contributed by atoms with Crippen LogP contribution in [0.15, 0.2) is 18.3 Å². The summed E-state index contributed by atoms with van der Waals surface area (Å²) < 4.78 is 7.96. The first-order chi connectivity index (χ1) is 11.6. The van der Waals surface area contributed by atoms with Gasteiger partial charge in [0.25, 0.3) is 5.91 Å². The molecule has 1 saturated heterocycles. The predicted molar refractivity (Wildman–Crippen MR) is 87.9 cm³/mol. The second-order valence-electron chi connectivity index (χ2n) is 6.80. The lowest BCUT2D eigenvalue weighted by atomic mass is 10.0. The van der Waals surface area contributed by atoms with Crippen LogP contribution in [-0.2, 0) is 4.74 Å². The standard InChI is InChI=1S/C17H23N5O2/c1-11-18-16(20-19-11)13-7-9-24-15(13)10-21(2)17(23)14-4-3-8-22(14)12-5-6-12/h3-4,8,12-13,15H,5-7,9-10H2,1-2H3,(H,18,19,20)/t13-,15-/m1/s1. The highest BCUT2D eigenvalue weighted by atomic mass is 16.5. The lowest BCUT2D eigenvalue weighted by Gasteiger charge is -2.24. The Bertz CT molecular complexity index is 733. The monoisotopic (exact) mass is 329 g/mol. The minimum atomic E-state index is -0.0570. The number of H-pyrrole nitrogens is 1. The summed E-state index contributed by atoms with van der Waals surface area (Å²) in [5.41, 5.74) is 0.767. The van der Waals surface area contributed by atoms with E-state index in [9.17, 15) is 4.79 Å². The first kappa shape index (κ1) is 15.4. The van der Waals surface area contributed by atoms with Crippen LogP contribution in [0, 0.1) is 6.92 Å². The van der Waals surface area contributed by atoms with Crippen molar-refractivity contribution in [2.75, 3.05) is 20.2 Å². The molecule has 0 unspecified atom stereocenters. The highest BCUT2D eigenvalue weighted by Crippen LogP contribution is 2.36. The van der Waals surface area contributed by atoms with E-state index in [1.54, 1.807) is 4.90 Å². The lowest BCUT2D eigenvalue weighted by molar-refractivity contribution is 0.0542. The third-order valence-corrected chi connectivity index (χ3v) is 4.89. The molecule has 0 aromatic carbocycles. The highest BCUT2D eigenvalue weighted by Gasteiger charge is 2.35. The van der Waals surface area contributed by atoms with E-state index in [2.05, 4.69) is 19.7 Å². The fourth-order valence-electron chi connectivity index (χ4n) is 3.44. The van der Waals surface area contributed by atoms with Gasteiger partial charge in [-0.25, -0.2) is 4.98 Å². The van der Waals surface area contributed by atoms with Crippen molar-refractivity contribution in [3.63, 3.8) is 0 Å². The molecule has 0 bridgehead atoms. The van der Waals surface area contributed by atoms with Crippen molar-refractivity contribution in [2.24, 2.45) is 0 Å². The maximum atomic E-state index is 12.8. The number of aryl methyl sites for hydroxylation is 1. The third-order valence-electron chi connectivity index (χ3n) is 4.89. The van der Waals surface area contributed by atoms with Crippen LogP contribution in [0.3, 0.4) is 0 Å². The second kappa shape index (κ2) is 6.05. The van der Waals surface area contributed by atoms with Crippen LogP contribution in [0.2, 0.25) is 0 Å². The van der Waals surface area contributed by atoms with E-state index >= 15 is 0 Å². The molecule has 4 rings (SSSR count). The fraction of sp³-hybridized carbons (Fsp3) is 0.588. The molecule has 0 radical (unpaired) electrons. The molecule has 24 heavy (non-hydrogen) atoms. The number of aromatic amines is 1. The Hall–Kier alpha value is -2.15. The van der Waals surface area contributed by atoms with Crippen LogP contribution in [0.25, 0.3) is 0 Å². The average molecular weight is 329 g/mol. The van der Waals surface area contributed by atoms with Gasteiger partial charge in [0.2, 0.25) is 0 Å². The molecule has 128 valence electrons. The van der Waals surface area contributed by atoms with Gasteiger partial charge in [-0.05, 0) is 38.3 Å². The zero-order valence-electron chi connectivity index (χ0n) is 14.1. The van der Waals surface area contributed by atoms with Crippen LogP contribution in [0.1, 0.15) is 53.4 Å². The number of rotatable bonds is 5. The number of hydrogen-bond acceptors (Lipinski definition) is 4. The predicted octanol–water partition coefficient (Wildman–Crippen LogP) is 1.89. The second-order valence-corrected chi connectivity index (χ2v) is 6.80. The van der Waals surface area contributed by atoms with Gasteiger partial charge in [0, 0.05) is 32.4 Å². The van der Waals surface area contributed by atoms with Crippen molar-refractivity contribution in [1.29, 1.82) is 0 Å². The Balaban J connectivity index is 1.45. The van der Waals surface area contributed by atoms with Crippen molar-refractivity contribution >= 4 is 5.91 Å².